The van der Waals surface area contributed by atoms with Crippen molar-refractivity contribution in [1.82, 2.24) is 10.3 Å². The first-order valence-corrected chi connectivity index (χ1v) is 8.29. The largest absolute Gasteiger partial charge is 0.387 e. The van der Waals surface area contributed by atoms with E-state index in [1.165, 1.54) is 0 Å². The zero-order valence-electron chi connectivity index (χ0n) is 14.5. The molecule has 0 aliphatic heterocycles. The van der Waals surface area contributed by atoms with Crippen LogP contribution in [0.2, 0.25) is 0 Å². The first-order valence-electron chi connectivity index (χ1n) is 8.29. The van der Waals surface area contributed by atoms with Gasteiger partial charge in [-0.3, -0.25) is 4.79 Å². The lowest BCUT2D eigenvalue weighted by molar-refractivity contribution is 0.0915. The fourth-order valence-electron chi connectivity index (χ4n) is 2.62. The molecule has 24 heavy (non-hydrogen) atoms. The molecule has 1 amide bonds. The zero-order chi connectivity index (χ0) is 17.5. The van der Waals surface area contributed by atoms with E-state index in [9.17, 15) is 9.90 Å². The number of anilines is 1. The number of carbonyl (C=O) groups excluding carboxylic acids is 1. The van der Waals surface area contributed by atoms with Crippen LogP contribution in [0.15, 0.2) is 42.6 Å². The fourth-order valence-corrected chi connectivity index (χ4v) is 2.62. The number of rotatable bonds is 7. The number of amides is 1. The second-order valence-electron chi connectivity index (χ2n) is 5.66. The van der Waals surface area contributed by atoms with Gasteiger partial charge in [0.05, 0.1) is 11.7 Å². The molecule has 1 atom stereocenters. The van der Waals surface area contributed by atoms with Crippen molar-refractivity contribution >= 4 is 11.7 Å². The monoisotopic (exact) mass is 327 g/mol. The summed E-state index contributed by atoms with van der Waals surface area (Å²) in [5, 5.41) is 13.0. The van der Waals surface area contributed by atoms with Crippen LogP contribution in [0.25, 0.3) is 0 Å². The molecule has 0 aliphatic carbocycles. The van der Waals surface area contributed by atoms with Crippen LogP contribution < -0.4 is 10.2 Å². The van der Waals surface area contributed by atoms with Crippen molar-refractivity contribution in [3.63, 3.8) is 0 Å². The van der Waals surface area contributed by atoms with Gasteiger partial charge in [0.1, 0.15) is 5.82 Å². The van der Waals surface area contributed by atoms with Gasteiger partial charge in [-0.2, -0.15) is 0 Å². The van der Waals surface area contributed by atoms with E-state index in [0.29, 0.717) is 5.56 Å². The van der Waals surface area contributed by atoms with Gasteiger partial charge in [0.25, 0.3) is 5.91 Å². The van der Waals surface area contributed by atoms with Gasteiger partial charge in [0, 0.05) is 25.8 Å². The molecule has 1 unspecified atom stereocenters. The summed E-state index contributed by atoms with van der Waals surface area (Å²) >= 11 is 0. The normalized spacial score (nSPS) is 11.8. The Bertz CT molecular complexity index is 667. The van der Waals surface area contributed by atoms with E-state index in [4.69, 9.17) is 0 Å². The third-order valence-electron chi connectivity index (χ3n) is 4.10. The van der Waals surface area contributed by atoms with Crippen molar-refractivity contribution in [3.05, 3.63) is 59.3 Å². The molecule has 128 valence electrons. The average molecular weight is 327 g/mol. The maximum Gasteiger partial charge on any atom is 0.252 e. The number of aliphatic hydroxyl groups is 1. The van der Waals surface area contributed by atoms with Gasteiger partial charge in [-0.25, -0.2) is 4.98 Å². The van der Waals surface area contributed by atoms with Crippen molar-refractivity contribution in [1.29, 1.82) is 0 Å². The van der Waals surface area contributed by atoms with Crippen LogP contribution in [0, 0.1) is 6.92 Å². The highest BCUT2D eigenvalue weighted by molar-refractivity contribution is 5.94. The number of pyridine rings is 1. The molecule has 0 spiro atoms. The molecule has 0 aliphatic rings. The molecule has 0 radical (unpaired) electrons. The summed E-state index contributed by atoms with van der Waals surface area (Å²) in [5.41, 5.74) is 2.32. The van der Waals surface area contributed by atoms with Gasteiger partial charge >= 0.3 is 0 Å². The summed E-state index contributed by atoms with van der Waals surface area (Å²) in [6.45, 7) is 7.99. The molecular weight excluding hydrogens is 302 g/mol. The number of nitrogens with one attached hydrogen (secondary N) is 1. The Morgan fingerprint density at radius 1 is 1.21 bits per heavy atom. The first-order chi connectivity index (χ1) is 11.6. The van der Waals surface area contributed by atoms with Crippen molar-refractivity contribution < 1.29 is 9.90 Å². The standard InChI is InChI=1S/C19H25N3O2/c1-4-22(5-2)18-11-10-15(12-20-18)19(24)21-13-17(23)16-9-7-6-8-14(16)3/h6-12,17,23H,4-5,13H2,1-3H3,(H,21,24). The quantitative estimate of drug-likeness (QED) is 0.820. The molecule has 2 aromatic rings. The van der Waals surface area contributed by atoms with Crippen LogP contribution in [0.3, 0.4) is 0 Å². The number of nitrogens with zero attached hydrogens (tertiary/aromatic N) is 2. The Hall–Kier alpha value is -2.40. The molecule has 0 saturated carbocycles. The van der Waals surface area contributed by atoms with Gasteiger partial charge in [-0.1, -0.05) is 24.3 Å². The van der Waals surface area contributed by atoms with Crippen molar-refractivity contribution in [2.75, 3.05) is 24.5 Å². The fraction of sp³-hybridized carbons (Fsp3) is 0.368. The predicted molar refractivity (Wildman–Crippen MR) is 96.3 cm³/mol. The van der Waals surface area contributed by atoms with E-state index in [1.54, 1.807) is 12.3 Å². The lowest BCUT2D eigenvalue weighted by Gasteiger charge is -2.19. The number of hydrogen-bond acceptors (Lipinski definition) is 4. The van der Waals surface area contributed by atoms with Gasteiger partial charge < -0.3 is 15.3 Å². The minimum absolute atomic E-state index is 0.168. The van der Waals surface area contributed by atoms with E-state index in [0.717, 1.165) is 30.0 Å². The van der Waals surface area contributed by atoms with E-state index in [-0.39, 0.29) is 12.5 Å². The summed E-state index contributed by atoms with van der Waals surface area (Å²) in [4.78, 5) is 18.7. The molecule has 2 N–H and O–H groups in total. The summed E-state index contributed by atoms with van der Waals surface area (Å²) in [6, 6.07) is 11.2. The van der Waals surface area contributed by atoms with E-state index >= 15 is 0 Å². The smallest absolute Gasteiger partial charge is 0.252 e. The Kier molecular flexibility index (Phi) is 6.32. The highest BCUT2D eigenvalue weighted by Crippen LogP contribution is 2.16. The third-order valence-corrected chi connectivity index (χ3v) is 4.10. The number of aryl methyl sites for hydroxylation is 1. The highest BCUT2D eigenvalue weighted by atomic mass is 16.3. The van der Waals surface area contributed by atoms with E-state index < -0.39 is 6.10 Å². The predicted octanol–water partition coefficient (Wildman–Crippen LogP) is 2.70. The van der Waals surface area contributed by atoms with Crippen LogP contribution in [0.1, 0.15) is 41.4 Å². The Morgan fingerprint density at radius 2 is 1.92 bits per heavy atom. The van der Waals surface area contributed by atoms with Crippen LogP contribution in [-0.4, -0.2) is 35.6 Å². The average Bonchev–Trinajstić information content (AvgIpc) is 2.61. The molecule has 0 bridgehead atoms. The zero-order valence-corrected chi connectivity index (χ0v) is 14.5. The molecule has 1 heterocycles. The summed E-state index contributed by atoms with van der Waals surface area (Å²) in [6.07, 6.45) is 0.849. The molecule has 5 heteroatoms. The maximum absolute atomic E-state index is 12.2. The molecule has 0 saturated heterocycles. The first kappa shape index (κ1) is 17.9. The van der Waals surface area contributed by atoms with Crippen molar-refractivity contribution in [2.24, 2.45) is 0 Å². The Morgan fingerprint density at radius 3 is 2.50 bits per heavy atom. The lowest BCUT2D eigenvalue weighted by atomic mass is 10.0. The van der Waals surface area contributed by atoms with Crippen LogP contribution >= 0.6 is 0 Å². The molecular formula is C19H25N3O2. The molecule has 2 rings (SSSR count). The lowest BCUT2D eigenvalue weighted by Crippen LogP contribution is -2.29. The number of carbonyl (C=O) groups is 1. The number of benzene rings is 1. The maximum atomic E-state index is 12.2. The van der Waals surface area contributed by atoms with Gasteiger partial charge in [-0.05, 0) is 44.0 Å². The molecule has 0 fully saturated rings. The van der Waals surface area contributed by atoms with Gasteiger partial charge in [-0.15, -0.1) is 0 Å². The van der Waals surface area contributed by atoms with E-state index in [2.05, 4.69) is 29.0 Å². The number of aromatic nitrogens is 1. The van der Waals surface area contributed by atoms with Gasteiger partial charge in [0.2, 0.25) is 0 Å². The number of hydrogen-bond donors (Lipinski definition) is 2. The SMILES string of the molecule is CCN(CC)c1ccc(C(=O)NCC(O)c2ccccc2C)cn1. The third kappa shape index (κ3) is 4.32. The molecule has 5 nitrogen and oxygen atoms in total. The van der Waals surface area contributed by atoms with Crippen molar-refractivity contribution in [3.8, 4) is 0 Å². The van der Waals surface area contributed by atoms with Crippen LogP contribution in [0.4, 0.5) is 5.82 Å². The minimum atomic E-state index is -0.724. The minimum Gasteiger partial charge on any atom is -0.387 e. The second-order valence-corrected chi connectivity index (χ2v) is 5.66. The highest BCUT2D eigenvalue weighted by Gasteiger charge is 2.13. The van der Waals surface area contributed by atoms with Crippen LogP contribution in [-0.2, 0) is 0 Å². The van der Waals surface area contributed by atoms with E-state index in [1.807, 2.05) is 37.3 Å². The molecule has 1 aromatic heterocycles. The Balaban J connectivity index is 1.96. The molecule has 1 aromatic carbocycles. The number of aliphatic hydroxyl groups excluding tert-OH is 1. The van der Waals surface area contributed by atoms with Gasteiger partial charge in [0.15, 0.2) is 0 Å². The van der Waals surface area contributed by atoms with Crippen LogP contribution in [0.5, 0.6) is 0 Å². The summed E-state index contributed by atoms with van der Waals surface area (Å²) < 4.78 is 0. The Labute approximate surface area is 143 Å². The topological polar surface area (TPSA) is 65.5 Å². The second kappa shape index (κ2) is 8.45. The summed E-state index contributed by atoms with van der Waals surface area (Å²) in [5.74, 6) is 0.623. The van der Waals surface area contributed by atoms with Crippen molar-refractivity contribution in [2.45, 2.75) is 26.9 Å². The summed E-state index contributed by atoms with van der Waals surface area (Å²) in [7, 11) is 0.